The van der Waals surface area contributed by atoms with E-state index in [0.717, 1.165) is 5.56 Å². The molecule has 5 nitrogen and oxygen atoms in total. The lowest BCUT2D eigenvalue weighted by Crippen LogP contribution is -1.90. The number of hydrogen-bond acceptors (Lipinski definition) is 5. The topological polar surface area (TPSA) is 77.8 Å². The van der Waals surface area contributed by atoms with Gasteiger partial charge in [-0.25, -0.2) is 9.97 Å². The number of halogens is 1. The summed E-state index contributed by atoms with van der Waals surface area (Å²) in [5.41, 5.74) is 8.64. The summed E-state index contributed by atoms with van der Waals surface area (Å²) >= 11 is 5.87. The number of aromatic nitrogens is 3. The van der Waals surface area contributed by atoms with Crippen molar-refractivity contribution >= 4 is 17.5 Å². The smallest absolute Gasteiger partial charge is 0.232 e. The number of nitrogen functional groups attached to an aromatic ring is 1. The molecule has 0 aliphatic carbocycles. The Hall–Kier alpha value is -2.40. The molecule has 2 heterocycles. The molecule has 0 unspecified atom stereocenters. The zero-order chi connectivity index (χ0) is 13.2. The standard InChI is InChI=1S/C13H9ClN4O/c14-9-3-1-8(2-4-9)12-11(13(15)19-18-12)10-5-6-16-7-17-10/h1-7H,15H2. The maximum atomic E-state index is 5.87. The van der Waals surface area contributed by atoms with E-state index in [1.54, 1.807) is 24.4 Å². The van der Waals surface area contributed by atoms with Crippen LogP contribution < -0.4 is 5.73 Å². The molecule has 2 aromatic heterocycles. The van der Waals surface area contributed by atoms with Crippen LogP contribution in [0.1, 0.15) is 0 Å². The molecule has 0 radical (unpaired) electrons. The van der Waals surface area contributed by atoms with Crippen molar-refractivity contribution in [2.75, 3.05) is 5.73 Å². The summed E-state index contributed by atoms with van der Waals surface area (Å²) in [7, 11) is 0. The molecule has 0 fully saturated rings. The molecule has 3 rings (SSSR count). The van der Waals surface area contributed by atoms with Crippen LogP contribution in [0.4, 0.5) is 5.88 Å². The van der Waals surface area contributed by atoms with Gasteiger partial charge < -0.3 is 10.3 Å². The molecule has 0 aliphatic heterocycles. The summed E-state index contributed by atoms with van der Waals surface area (Å²) in [4.78, 5) is 8.05. The van der Waals surface area contributed by atoms with E-state index in [9.17, 15) is 0 Å². The monoisotopic (exact) mass is 272 g/mol. The van der Waals surface area contributed by atoms with Crippen molar-refractivity contribution in [3.8, 4) is 22.5 Å². The maximum absolute atomic E-state index is 5.87. The third-order valence-electron chi connectivity index (χ3n) is 2.67. The molecule has 0 saturated heterocycles. The molecule has 0 atom stereocenters. The zero-order valence-corrected chi connectivity index (χ0v) is 10.5. The van der Waals surface area contributed by atoms with Crippen molar-refractivity contribution in [3.05, 3.63) is 47.9 Å². The quantitative estimate of drug-likeness (QED) is 0.776. The Morgan fingerprint density at radius 1 is 1.11 bits per heavy atom. The second-order valence-corrected chi connectivity index (χ2v) is 4.31. The fourth-order valence-corrected chi connectivity index (χ4v) is 1.92. The summed E-state index contributed by atoms with van der Waals surface area (Å²) in [6, 6.07) is 9.02. The zero-order valence-electron chi connectivity index (χ0n) is 9.75. The normalized spacial score (nSPS) is 10.6. The van der Waals surface area contributed by atoms with Crippen LogP contribution in [-0.4, -0.2) is 15.1 Å². The molecule has 2 N–H and O–H groups in total. The molecule has 94 valence electrons. The van der Waals surface area contributed by atoms with Crippen LogP contribution in [0.2, 0.25) is 5.02 Å². The van der Waals surface area contributed by atoms with Gasteiger partial charge in [-0.05, 0) is 18.2 Å². The minimum atomic E-state index is 0.226. The molecule has 0 saturated carbocycles. The van der Waals surface area contributed by atoms with Crippen LogP contribution in [0.25, 0.3) is 22.5 Å². The number of hydrogen-bond donors (Lipinski definition) is 1. The summed E-state index contributed by atoms with van der Waals surface area (Å²) in [6.45, 7) is 0. The lowest BCUT2D eigenvalue weighted by molar-refractivity contribution is 0.439. The van der Waals surface area contributed by atoms with Crippen molar-refractivity contribution in [2.45, 2.75) is 0 Å². The minimum absolute atomic E-state index is 0.226. The van der Waals surface area contributed by atoms with E-state index in [1.807, 2.05) is 12.1 Å². The van der Waals surface area contributed by atoms with Gasteiger partial charge in [0.2, 0.25) is 5.88 Å². The highest BCUT2D eigenvalue weighted by Gasteiger charge is 2.18. The minimum Gasteiger partial charge on any atom is -0.367 e. The van der Waals surface area contributed by atoms with Crippen LogP contribution >= 0.6 is 11.6 Å². The second kappa shape index (κ2) is 4.70. The molecule has 0 amide bonds. The first-order chi connectivity index (χ1) is 9.25. The Morgan fingerprint density at radius 3 is 2.58 bits per heavy atom. The Balaban J connectivity index is 2.16. The van der Waals surface area contributed by atoms with Crippen molar-refractivity contribution in [2.24, 2.45) is 0 Å². The average molecular weight is 273 g/mol. The van der Waals surface area contributed by atoms with Crippen molar-refractivity contribution in [3.63, 3.8) is 0 Å². The Labute approximate surface area is 114 Å². The molecule has 0 bridgehead atoms. The molecule has 0 aliphatic rings. The van der Waals surface area contributed by atoms with E-state index in [2.05, 4.69) is 15.1 Å². The van der Waals surface area contributed by atoms with Gasteiger partial charge in [-0.3, -0.25) is 0 Å². The fourth-order valence-electron chi connectivity index (χ4n) is 1.79. The van der Waals surface area contributed by atoms with Crippen LogP contribution in [-0.2, 0) is 0 Å². The van der Waals surface area contributed by atoms with Crippen molar-refractivity contribution < 1.29 is 4.52 Å². The van der Waals surface area contributed by atoms with E-state index in [4.69, 9.17) is 21.9 Å². The number of benzene rings is 1. The lowest BCUT2D eigenvalue weighted by Gasteiger charge is -2.01. The molecular formula is C13H9ClN4O. The van der Waals surface area contributed by atoms with Gasteiger partial charge in [-0.1, -0.05) is 28.9 Å². The van der Waals surface area contributed by atoms with Gasteiger partial charge in [-0.2, -0.15) is 0 Å². The average Bonchev–Trinajstić information content (AvgIpc) is 2.82. The predicted octanol–water partition coefficient (Wildman–Crippen LogP) is 3.03. The van der Waals surface area contributed by atoms with Gasteiger partial charge in [0.1, 0.15) is 12.0 Å². The number of anilines is 1. The van der Waals surface area contributed by atoms with Gasteiger partial charge in [0.25, 0.3) is 0 Å². The summed E-state index contributed by atoms with van der Waals surface area (Å²) in [5.74, 6) is 0.226. The van der Waals surface area contributed by atoms with E-state index in [1.165, 1.54) is 6.33 Å². The highest BCUT2D eigenvalue weighted by atomic mass is 35.5. The first-order valence-corrected chi connectivity index (χ1v) is 5.91. The Bertz CT molecular complexity index is 694. The largest absolute Gasteiger partial charge is 0.367 e. The third kappa shape index (κ3) is 2.15. The van der Waals surface area contributed by atoms with Crippen LogP contribution in [0.15, 0.2) is 47.4 Å². The number of nitrogens with zero attached hydrogens (tertiary/aromatic N) is 3. The van der Waals surface area contributed by atoms with Crippen LogP contribution in [0.5, 0.6) is 0 Å². The SMILES string of the molecule is Nc1onc(-c2ccc(Cl)cc2)c1-c1ccncn1. The first kappa shape index (κ1) is 11.7. The van der Waals surface area contributed by atoms with Gasteiger partial charge in [0.05, 0.1) is 11.3 Å². The molecule has 1 aromatic carbocycles. The van der Waals surface area contributed by atoms with Gasteiger partial charge in [-0.15, -0.1) is 0 Å². The van der Waals surface area contributed by atoms with Crippen molar-refractivity contribution in [1.82, 2.24) is 15.1 Å². The van der Waals surface area contributed by atoms with E-state index in [0.29, 0.717) is 22.0 Å². The van der Waals surface area contributed by atoms with Gasteiger partial charge >= 0.3 is 0 Å². The molecule has 6 heteroatoms. The third-order valence-corrected chi connectivity index (χ3v) is 2.93. The summed E-state index contributed by atoms with van der Waals surface area (Å²) in [6.07, 6.45) is 3.09. The summed E-state index contributed by atoms with van der Waals surface area (Å²) < 4.78 is 5.07. The molecular weight excluding hydrogens is 264 g/mol. The Kier molecular flexibility index (Phi) is 2.89. The Morgan fingerprint density at radius 2 is 1.89 bits per heavy atom. The fraction of sp³-hybridized carbons (Fsp3) is 0. The van der Waals surface area contributed by atoms with Crippen LogP contribution in [0, 0.1) is 0 Å². The number of rotatable bonds is 2. The van der Waals surface area contributed by atoms with Gasteiger partial charge in [0.15, 0.2) is 0 Å². The van der Waals surface area contributed by atoms with E-state index >= 15 is 0 Å². The van der Waals surface area contributed by atoms with E-state index in [-0.39, 0.29) is 5.88 Å². The van der Waals surface area contributed by atoms with Crippen LogP contribution in [0.3, 0.4) is 0 Å². The maximum Gasteiger partial charge on any atom is 0.232 e. The number of nitrogens with two attached hydrogens (primary N) is 1. The van der Waals surface area contributed by atoms with Gasteiger partial charge in [0, 0.05) is 16.8 Å². The molecule has 3 aromatic rings. The van der Waals surface area contributed by atoms with E-state index < -0.39 is 0 Å². The lowest BCUT2D eigenvalue weighted by atomic mass is 10.1. The second-order valence-electron chi connectivity index (χ2n) is 3.87. The molecule has 0 spiro atoms. The summed E-state index contributed by atoms with van der Waals surface area (Å²) in [5, 5.41) is 4.64. The molecule has 19 heavy (non-hydrogen) atoms. The highest BCUT2D eigenvalue weighted by molar-refractivity contribution is 6.30. The highest BCUT2D eigenvalue weighted by Crippen LogP contribution is 2.35. The first-order valence-electron chi connectivity index (χ1n) is 5.53. The predicted molar refractivity (Wildman–Crippen MR) is 72.4 cm³/mol. The van der Waals surface area contributed by atoms with Crippen molar-refractivity contribution in [1.29, 1.82) is 0 Å².